The molecule has 0 aromatic carbocycles. The van der Waals surface area contributed by atoms with Gasteiger partial charge in [-0.15, -0.1) is 0 Å². The van der Waals surface area contributed by atoms with Crippen molar-refractivity contribution in [3.63, 3.8) is 0 Å². The van der Waals surface area contributed by atoms with E-state index in [1.54, 1.807) is 0 Å². The summed E-state index contributed by atoms with van der Waals surface area (Å²) in [5.41, 5.74) is 0. The minimum absolute atomic E-state index is 0.127. The molecule has 2 saturated heterocycles. The zero-order valence-corrected chi connectivity index (χ0v) is 4.73. The predicted octanol–water partition coefficient (Wildman–Crippen LogP) is -1.54. The van der Waals surface area contributed by atoms with E-state index in [1.165, 1.54) is 0 Å². The Hall–Kier alpha value is -0.160. The number of aliphatic hydroxyl groups is 2. The number of hydrogen-bond donors (Lipinski definition) is 2. The van der Waals surface area contributed by atoms with Crippen molar-refractivity contribution in [1.29, 1.82) is 0 Å². The van der Waals surface area contributed by atoms with Crippen LogP contribution in [0.3, 0.4) is 0 Å². The first-order valence-corrected chi connectivity index (χ1v) is 2.93. The average molecular weight is 132 g/mol. The standard InChI is InChI=1S/C5H8O4/c6-1-2-3(7)4-5(8-2)9-4/h2-7H,1H2/t2-,3-,4-,5?/m1/s1. The van der Waals surface area contributed by atoms with Gasteiger partial charge in [-0.25, -0.2) is 0 Å². The summed E-state index contributed by atoms with van der Waals surface area (Å²) in [6, 6.07) is 0. The van der Waals surface area contributed by atoms with Crippen LogP contribution in [0.1, 0.15) is 0 Å². The van der Waals surface area contributed by atoms with E-state index in [1.807, 2.05) is 0 Å². The highest BCUT2D eigenvalue weighted by atomic mass is 16.8. The zero-order valence-electron chi connectivity index (χ0n) is 4.73. The van der Waals surface area contributed by atoms with E-state index in [9.17, 15) is 0 Å². The molecule has 0 saturated carbocycles. The molecule has 0 radical (unpaired) electrons. The third-order valence-electron chi connectivity index (χ3n) is 1.69. The SMILES string of the molecule is OC[C@H]1OC2O[C@@H]2[C@@H]1O. The Morgan fingerprint density at radius 1 is 1.33 bits per heavy atom. The first-order valence-electron chi connectivity index (χ1n) is 2.93. The largest absolute Gasteiger partial charge is 0.394 e. The molecule has 0 amide bonds. The monoisotopic (exact) mass is 132 g/mol. The highest BCUT2D eigenvalue weighted by Crippen LogP contribution is 2.36. The molecule has 0 aromatic heterocycles. The van der Waals surface area contributed by atoms with Crippen LogP contribution in [-0.2, 0) is 9.47 Å². The molecule has 2 aliphatic rings. The number of hydrogen-bond acceptors (Lipinski definition) is 4. The summed E-state index contributed by atoms with van der Waals surface area (Å²) in [4.78, 5) is 0. The second-order valence-electron chi connectivity index (χ2n) is 2.32. The summed E-state index contributed by atoms with van der Waals surface area (Å²) in [6.07, 6.45) is -1.45. The summed E-state index contributed by atoms with van der Waals surface area (Å²) >= 11 is 0. The van der Waals surface area contributed by atoms with Crippen molar-refractivity contribution in [2.45, 2.75) is 24.6 Å². The van der Waals surface area contributed by atoms with Crippen LogP contribution in [0.2, 0.25) is 0 Å². The van der Waals surface area contributed by atoms with Crippen LogP contribution in [0.4, 0.5) is 0 Å². The lowest BCUT2D eigenvalue weighted by Gasteiger charge is -2.12. The molecular formula is C5H8O4. The molecule has 9 heavy (non-hydrogen) atoms. The van der Waals surface area contributed by atoms with Crippen molar-refractivity contribution >= 4 is 0 Å². The normalized spacial score (nSPS) is 55.3. The number of ether oxygens (including phenoxy) is 2. The lowest BCUT2D eigenvalue weighted by Crippen LogP contribution is -2.30. The summed E-state index contributed by atoms with van der Waals surface area (Å²) in [5, 5.41) is 17.6. The van der Waals surface area contributed by atoms with E-state index in [-0.39, 0.29) is 19.0 Å². The molecule has 4 atom stereocenters. The fourth-order valence-corrected chi connectivity index (χ4v) is 1.08. The van der Waals surface area contributed by atoms with Crippen molar-refractivity contribution in [3.05, 3.63) is 0 Å². The lowest BCUT2D eigenvalue weighted by atomic mass is 10.2. The summed E-state index contributed by atoms with van der Waals surface area (Å²) in [5.74, 6) is 0. The van der Waals surface area contributed by atoms with Crippen LogP contribution < -0.4 is 0 Å². The Morgan fingerprint density at radius 2 is 2.11 bits per heavy atom. The zero-order chi connectivity index (χ0) is 6.43. The van der Waals surface area contributed by atoms with Crippen LogP contribution in [0.15, 0.2) is 0 Å². The molecule has 0 spiro atoms. The number of epoxide rings is 1. The summed E-state index contributed by atoms with van der Waals surface area (Å²) in [6.45, 7) is -0.127. The van der Waals surface area contributed by atoms with E-state index < -0.39 is 12.2 Å². The fourth-order valence-electron chi connectivity index (χ4n) is 1.08. The highest BCUT2D eigenvalue weighted by molar-refractivity contribution is 4.96. The lowest BCUT2D eigenvalue weighted by molar-refractivity contribution is -0.0872. The van der Waals surface area contributed by atoms with Crippen LogP contribution in [0, 0.1) is 0 Å². The maximum absolute atomic E-state index is 9.09. The van der Waals surface area contributed by atoms with Gasteiger partial charge in [0.25, 0.3) is 0 Å². The van der Waals surface area contributed by atoms with Gasteiger partial charge >= 0.3 is 0 Å². The molecule has 2 fully saturated rings. The second-order valence-corrected chi connectivity index (χ2v) is 2.32. The van der Waals surface area contributed by atoms with Crippen molar-refractivity contribution < 1.29 is 19.7 Å². The summed E-state index contributed by atoms with van der Waals surface area (Å²) < 4.78 is 9.79. The molecule has 52 valence electrons. The minimum atomic E-state index is -0.625. The van der Waals surface area contributed by atoms with Gasteiger partial charge in [0.05, 0.1) is 6.61 Å². The average Bonchev–Trinajstić information content (AvgIpc) is 2.55. The van der Waals surface area contributed by atoms with Gasteiger partial charge in [-0.05, 0) is 0 Å². The maximum Gasteiger partial charge on any atom is 0.187 e. The first-order chi connectivity index (χ1) is 4.33. The molecule has 0 bridgehead atoms. The Morgan fingerprint density at radius 3 is 2.44 bits per heavy atom. The number of aliphatic hydroxyl groups excluding tert-OH is 2. The van der Waals surface area contributed by atoms with Crippen LogP contribution in [0.5, 0.6) is 0 Å². The summed E-state index contributed by atoms with van der Waals surface area (Å²) in [7, 11) is 0. The molecular weight excluding hydrogens is 124 g/mol. The molecule has 2 heterocycles. The van der Waals surface area contributed by atoms with E-state index in [0.717, 1.165) is 0 Å². The van der Waals surface area contributed by atoms with Crippen molar-refractivity contribution in [3.8, 4) is 0 Å². The Bertz CT molecular complexity index is 126. The Labute approximate surface area is 52.0 Å². The first kappa shape index (κ1) is 5.61. The van der Waals surface area contributed by atoms with Gasteiger partial charge < -0.3 is 19.7 Å². The molecule has 2 N–H and O–H groups in total. The quantitative estimate of drug-likeness (QED) is 0.424. The molecule has 0 aromatic rings. The third-order valence-corrected chi connectivity index (χ3v) is 1.69. The minimum Gasteiger partial charge on any atom is -0.394 e. The Kier molecular flexibility index (Phi) is 1.04. The molecule has 4 nitrogen and oxygen atoms in total. The molecule has 2 aliphatic heterocycles. The van der Waals surface area contributed by atoms with Crippen molar-refractivity contribution in [2.24, 2.45) is 0 Å². The third kappa shape index (κ3) is 0.679. The molecule has 0 aliphatic carbocycles. The van der Waals surface area contributed by atoms with E-state index in [0.29, 0.717) is 0 Å². The predicted molar refractivity (Wildman–Crippen MR) is 26.6 cm³/mol. The van der Waals surface area contributed by atoms with Crippen molar-refractivity contribution in [2.75, 3.05) is 6.61 Å². The molecule has 2 rings (SSSR count). The van der Waals surface area contributed by atoms with E-state index >= 15 is 0 Å². The van der Waals surface area contributed by atoms with Gasteiger partial charge in [0.1, 0.15) is 18.3 Å². The smallest absolute Gasteiger partial charge is 0.187 e. The maximum atomic E-state index is 9.09. The number of fused-ring (bicyclic) bond motifs is 1. The van der Waals surface area contributed by atoms with Crippen LogP contribution >= 0.6 is 0 Å². The van der Waals surface area contributed by atoms with E-state index in [4.69, 9.17) is 19.7 Å². The molecule has 4 heteroatoms. The second kappa shape index (κ2) is 1.67. The Balaban J connectivity index is 1.99. The van der Waals surface area contributed by atoms with Gasteiger partial charge in [-0.2, -0.15) is 0 Å². The topological polar surface area (TPSA) is 62.2 Å². The highest BCUT2D eigenvalue weighted by Gasteiger charge is 2.56. The van der Waals surface area contributed by atoms with Crippen LogP contribution in [-0.4, -0.2) is 41.4 Å². The van der Waals surface area contributed by atoms with Crippen molar-refractivity contribution in [1.82, 2.24) is 0 Å². The fraction of sp³-hybridized carbons (Fsp3) is 1.00. The van der Waals surface area contributed by atoms with Crippen LogP contribution in [0.25, 0.3) is 0 Å². The van der Waals surface area contributed by atoms with Gasteiger partial charge in [-0.1, -0.05) is 0 Å². The van der Waals surface area contributed by atoms with Gasteiger partial charge in [-0.3, -0.25) is 0 Å². The van der Waals surface area contributed by atoms with Gasteiger partial charge in [0.2, 0.25) is 0 Å². The molecule has 1 unspecified atom stereocenters. The van der Waals surface area contributed by atoms with E-state index in [2.05, 4.69) is 0 Å². The van der Waals surface area contributed by atoms with Gasteiger partial charge in [0, 0.05) is 0 Å². The van der Waals surface area contributed by atoms with Gasteiger partial charge in [0.15, 0.2) is 6.29 Å². The number of rotatable bonds is 1.